The molecule has 1 aromatic rings. The minimum Gasteiger partial charge on any atom is -0.329 e. The summed E-state index contributed by atoms with van der Waals surface area (Å²) >= 11 is 8.85. The van der Waals surface area contributed by atoms with Crippen LogP contribution in [0.1, 0.15) is 37.6 Å². The SMILES string of the molecule is CCC(CC)N(C)C(CN)c1cc(Br)c(Br)s1. The van der Waals surface area contributed by atoms with Crippen LogP contribution in [-0.2, 0) is 0 Å². The summed E-state index contributed by atoms with van der Waals surface area (Å²) in [6.45, 7) is 5.13. The van der Waals surface area contributed by atoms with Crippen LogP contribution in [0.15, 0.2) is 14.3 Å². The van der Waals surface area contributed by atoms with Gasteiger partial charge in [0.1, 0.15) is 0 Å². The van der Waals surface area contributed by atoms with Crippen molar-refractivity contribution in [1.82, 2.24) is 4.90 Å². The Morgan fingerprint density at radius 1 is 1.35 bits per heavy atom. The maximum absolute atomic E-state index is 5.95. The van der Waals surface area contributed by atoms with Gasteiger partial charge in [0, 0.05) is 21.9 Å². The van der Waals surface area contributed by atoms with E-state index >= 15 is 0 Å². The molecule has 0 saturated carbocycles. The lowest BCUT2D eigenvalue weighted by molar-refractivity contribution is 0.170. The highest BCUT2D eigenvalue weighted by atomic mass is 79.9. The second-order valence-corrected chi connectivity index (χ2v) is 7.41. The summed E-state index contributed by atoms with van der Waals surface area (Å²) in [6, 6.07) is 3.08. The molecule has 5 heteroatoms. The monoisotopic (exact) mass is 382 g/mol. The molecule has 0 radical (unpaired) electrons. The van der Waals surface area contributed by atoms with Crippen molar-refractivity contribution in [1.29, 1.82) is 0 Å². The number of nitrogens with two attached hydrogens (primary N) is 1. The molecule has 98 valence electrons. The van der Waals surface area contributed by atoms with E-state index in [1.807, 2.05) is 0 Å². The van der Waals surface area contributed by atoms with Crippen molar-refractivity contribution in [2.75, 3.05) is 13.6 Å². The molecule has 1 atom stereocenters. The Bertz CT molecular complexity index is 331. The second-order valence-electron chi connectivity index (χ2n) is 4.16. The fraction of sp³-hybridized carbons (Fsp3) is 0.667. The minimum absolute atomic E-state index is 0.312. The van der Waals surface area contributed by atoms with Gasteiger partial charge in [0.15, 0.2) is 0 Å². The number of thiophene rings is 1. The van der Waals surface area contributed by atoms with E-state index in [4.69, 9.17) is 5.73 Å². The number of rotatable bonds is 6. The van der Waals surface area contributed by atoms with E-state index in [0.717, 1.165) is 21.1 Å². The molecule has 17 heavy (non-hydrogen) atoms. The molecule has 1 rings (SSSR count). The Kier molecular flexibility index (Phi) is 6.66. The molecule has 2 N–H and O–H groups in total. The van der Waals surface area contributed by atoms with E-state index in [-0.39, 0.29) is 0 Å². The fourth-order valence-corrected chi connectivity index (χ4v) is 4.38. The van der Waals surface area contributed by atoms with E-state index < -0.39 is 0 Å². The summed E-state index contributed by atoms with van der Waals surface area (Å²) < 4.78 is 2.26. The van der Waals surface area contributed by atoms with Gasteiger partial charge in [0.05, 0.1) is 9.83 Å². The molecular formula is C12H20Br2N2S. The highest BCUT2D eigenvalue weighted by molar-refractivity contribution is 9.13. The van der Waals surface area contributed by atoms with Gasteiger partial charge in [-0.3, -0.25) is 4.90 Å². The summed E-state index contributed by atoms with van der Waals surface area (Å²) in [5, 5.41) is 0. The maximum atomic E-state index is 5.95. The van der Waals surface area contributed by atoms with Crippen molar-refractivity contribution in [2.24, 2.45) is 5.73 Å². The summed E-state index contributed by atoms with van der Waals surface area (Å²) in [6.07, 6.45) is 2.33. The van der Waals surface area contributed by atoms with Crippen LogP contribution >= 0.6 is 43.2 Å². The predicted octanol–water partition coefficient (Wildman–Crippen LogP) is 4.39. The zero-order chi connectivity index (χ0) is 13.0. The first kappa shape index (κ1) is 15.6. The molecule has 1 heterocycles. The molecule has 0 saturated heterocycles. The van der Waals surface area contributed by atoms with E-state index in [1.54, 1.807) is 11.3 Å². The Labute approximate surface area is 125 Å². The van der Waals surface area contributed by atoms with Crippen molar-refractivity contribution in [3.05, 3.63) is 19.2 Å². The topological polar surface area (TPSA) is 29.3 Å². The van der Waals surface area contributed by atoms with Crippen LogP contribution in [0.25, 0.3) is 0 Å². The average molecular weight is 384 g/mol. The number of hydrogen-bond acceptors (Lipinski definition) is 3. The minimum atomic E-state index is 0.312. The third kappa shape index (κ3) is 3.77. The van der Waals surface area contributed by atoms with Crippen molar-refractivity contribution in [3.8, 4) is 0 Å². The molecule has 0 aromatic carbocycles. The smallest absolute Gasteiger partial charge is 0.0843 e. The van der Waals surface area contributed by atoms with Crippen molar-refractivity contribution in [2.45, 2.75) is 38.8 Å². The Morgan fingerprint density at radius 3 is 2.29 bits per heavy atom. The Morgan fingerprint density at radius 2 is 1.94 bits per heavy atom. The van der Waals surface area contributed by atoms with Gasteiger partial charge in [-0.15, -0.1) is 11.3 Å². The third-order valence-corrected chi connectivity index (χ3v) is 6.58. The molecule has 1 aromatic heterocycles. The van der Waals surface area contributed by atoms with Crippen LogP contribution in [0.4, 0.5) is 0 Å². The quantitative estimate of drug-likeness (QED) is 0.788. The first-order chi connectivity index (χ1) is 8.04. The summed E-state index contributed by atoms with van der Waals surface area (Å²) in [4.78, 5) is 3.73. The Balaban J connectivity index is 2.90. The highest BCUT2D eigenvalue weighted by Gasteiger charge is 2.23. The number of hydrogen-bond donors (Lipinski definition) is 1. The zero-order valence-electron chi connectivity index (χ0n) is 10.5. The zero-order valence-corrected chi connectivity index (χ0v) is 14.5. The van der Waals surface area contributed by atoms with Gasteiger partial charge < -0.3 is 5.73 Å². The van der Waals surface area contributed by atoms with Crippen LogP contribution in [0, 0.1) is 0 Å². The second kappa shape index (κ2) is 7.24. The predicted molar refractivity (Wildman–Crippen MR) is 83.6 cm³/mol. The van der Waals surface area contributed by atoms with Gasteiger partial charge >= 0.3 is 0 Å². The summed E-state index contributed by atoms with van der Waals surface area (Å²) in [7, 11) is 2.18. The van der Waals surface area contributed by atoms with Gasteiger partial charge in [-0.1, -0.05) is 13.8 Å². The summed E-state index contributed by atoms with van der Waals surface area (Å²) in [5.41, 5.74) is 5.95. The van der Waals surface area contributed by atoms with E-state index in [0.29, 0.717) is 18.6 Å². The first-order valence-electron chi connectivity index (χ1n) is 5.91. The first-order valence-corrected chi connectivity index (χ1v) is 8.32. The molecule has 0 aliphatic carbocycles. The Hall–Kier alpha value is 0.580. The van der Waals surface area contributed by atoms with Crippen LogP contribution in [0.2, 0.25) is 0 Å². The lowest BCUT2D eigenvalue weighted by Gasteiger charge is -2.33. The fourth-order valence-electron chi connectivity index (χ4n) is 2.13. The molecule has 0 spiro atoms. The lowest BCUT2D eigenvalue weighted by Crippen LogP contribution is -2.37. The molecule has 0 fully saturated rings. The maximum Gasteiger partial charge on any atom is 0.0843 e. The van der Waals surface area contributed by atoms with Crippen LogP contribution in [-0.4, -0.2) is 24.5 Å². The lowest BCUT2D eigenvalue weighted by atomic mass is 10.1. The van der Waals surface area contributed by atoms with Crippen molar-refractivity contribution in [3.63, 3.8) is 0 Å². The molecular weight excluding hydrogens is 364 g/mol. The number of likely N-dealkylation sites (N-methyl/N-ethyl adjacent to an activating group) is 1. The van der Waals surface area contributed by atoms with Gasteiger partial charge in [-0.25, -0.2) is 0 Å². The largest absolute Gasteiger partial charge is 0.329 e. The molecule has 0 aliphatic heterocycles. The highest BCUT2D eigenvalue weighted by Crippen LogP contribution is 2.37. The molecule has 1 unspecified atom stereocenters. The molecule has 2 nitrogen and oxygen atoms in total. The molecule has 0 amide bonds. The average Bonchev–Trinajstić information content (AvgIpc) is 2.61. The van der Waals surface area contributed by atoms with E-state index in [2.05, 4.69) is 63.7 Å². The van der Waals surface area contributed by atoms with Gasteiger partial charge in [0.2, 0.25) is 0 Å². The van der Waals surface area contributed by atoms with Crippen molar-refractivity contribution >= 4 is 43.2 Å². The van der Waals surface area contributed by atoms with Crippen LogP contribution in [0.5, 0.6) is 0 Å². The number of nitrogens with zero attached hydrogens (tertiary/aromatic N) is 1. The van der Waals surface area contributed by atoms with Gasteiger partial charge in [-0.05, 0) is 57.8 Å². The van der Waals surface area contributed by atoms with Crippen LogP contribution in [0.3, 0.4) is 0 Å². The normalized spacial score (nSPS) is 13.6. The van der Waals surface area contributed by atoms with Crippen molar-refractivity contribution < 1.29 is 0 Å². The van der Waals surface area contributed by atoms with Gasteiger partial charge in [-0.2, -0.15) is 0 Å². The standard InChI is InChI=1S/C12H20Br2N2S/c1-4-8(5-2)16(3)10(7-15)11-6-9(13)12(14)17-11/h6,8,10H,4-5,7,15H2,1-3H3. The number of halogens is 2. The third-order valence-electron chi connectivity index (χ3n) is 3.23. The molecule has 0 bridgehead atoms. The van der Waals surface area contributed by atoms with E-state index in [9.17, 15) is 0 Å². The summed E-state index contributed by atoms with van der Waals surface area (Å²) in [5.74, 6) is 0. The van der Waals surface area contributed by atoms with Gasteiger partial charge in [0.25, 0.3) is 0 Å². The molecule has 0 aliphatic rings. The van der Waals surface area contributed by atoms with E-state index in [1.165, 1.54) is 4.88 Å². The van der Waals surface area contributed by atoms with Crippen LogP contribution < -0.4 is 5.73 Å².